The highest BCUT2D eigenvalue weighted by Crippen LogP contribution is 2.23. The maximum Gasteiger partial charge on any atom is 0.241 e. The first kappa shape index (κ1) is 14.9. The van der Waals surface area contributed by atoms with E-state index in [1.807, 2.05) is 38.1 Å². The Kier molecular flexibility index (Phi) is 5.04. The lowest BCUT2D eigenvalue weighted by Crippen LogP contribution is -2.40. The Labute approximate surface area is 124 Å². The Bertz CT molecular complexity index is 515. The summed E-state index contributed by atoms with van der Waals surface area (Å²) in [6.07, 6.45) is 3.88. The Morgan fingerprint density at radius 3 is 3.00 bits per heavy atom. The number of ether oxygens (including phenoxy) is 1. The number of nitrogens with one attached hydrogen (secondary N) is 2. The second kappa shape index (κ2) is 6.77. The van der Waals surface area contributed by atoms with Gasteiger partial charge in [0.1, 0.15) is 11.8 Å². The molecule has 0 saturated heterocycles. The molecule has 0 fully saturated rings. The highest BCUT2D eigenvalue weighted by molar-refractivity contribution is 6.30. The summed E-state index contributed by atoms with van der Waals surface area (Å²) in [5, 5.41) is 6.59. The molecule has 4 nitrogen and oxygen atoms in total. The maximum absolute atomic E-state index is 11.9. The number of amides is 1. The average Bonchev–Trinajstić information content (AvgIpc) is 2.92. The highest BCUT2D eigenvalue weighted by Gasteiger charge is 2.17. The first-order valence-electron chi connectivity index (χ1n) is 6.69. The molecule has 0 saturated carbocycles. The molecule has 1 heterocycles. The van der Waals surface area contributed by atoms with Crippen molar-refractivity contribution >= 4 is 17.5 Å². The van der Waals surface area contributed by atoms with Crippen LogP contribution >= 0.6 is 11.6 Å². The van der Waals surface area contributed by atoms with Gasteiger partial charge in [0.05, 0.1) is 6.10 Å². The molecule has 108 valence electrons. The Morgan fingerprint density at radius 1 is 1.55 bits per heavy atom. The summed E-state index contributed by atoms with van der Waals surface area (Å²) in [7, 11) is 0. The standard InChI is InChI=1S/C15H19ClN2O2/c1-10(2)20-14-6-5-12(16)8-11(14)9-18-15(19)13-4-3-7-17-13/h3-6,8,10,13,17H,7,9H2,1-2H3,(H,18,19). The first-order valence-corrected chi connectivity index (χ1v) is 7.07. The Hall–Kier alpha value is -1.52. The van der Waals surface area contributed by atoms with Crippen LogP contribution in [0.2, 0.25) is 5.02 Å². The van der Waals surface area contributed by atoms with Gasteiger partial charge in [-0.05, 0) is 32.0 Å². The van der Waals surface area contributed by atoms with Crippen molar-refractivity contribution in [2.75, 3.05) is 6.54 Å². The van der Waals surface area contributed by atoms with Crippen molar-refractivity contribution in [2.24, 2.45) is 0 Å². The van der Waals surface area contributed by atoms with Crippen molar-refractivity contribution in [2.45, 2.75) is 32.5 Å². The van der Waals surface area contributed by atoms with Crippen LogP contribution in [0.1, 0.15) is 19.4 Å². The molecule has 2 N–H and O–H groups in total. The van der Waals surface area contributed by atoms with E-state index in [0.717, 1.165) is 17.9 Å². The number of hydrogen-bond acceptors (Lipinski definition) is 3. The molecule has 0 bridgehead atoms. The zero-order chi connectivity index (χ0) is 14.5. The molecular formula is C15H19ClN2O2. The lowest BCUT2D eigenvalue weighted by atomic mass is 10.2. The summed E-state index contributed by atoms with van der Waals surface area (Å²) < 4.78 is 5.72. The van der Waals surface area contributed by atoms with Gasteiger partial charge in [0, 0.05) is 23.7 Å². The van der Waals surface area contributed by atoms with Crippen molar-refractivity contribution in [1.29, 1.82) is 0 Å². The second-order valence-electron chi connectivity index (χ2n) is 4.95. The molecule has 1 aliphatic heterocycles. The SMILES string of the molecule is CC(C)Oc1ccc(Cl)cc1CNC(=O)C1C=CCN1. The minimum absolute atomic E-state index is 0.0470. The van der Waals surface area contributed by atoms with Crippen molar-refractivity contribution in [1.82, 2.24) is 10.6 Å². The van der Waals surface area contributed by atoms with Gasteiger partial charge in [-0.3, -0.25) is 10.1 Å². The van der Waals surface area contributed by atoms with Gasteiger partial charge in [0.2, 0.25) is 5.91 Å². The summed E-state index contributed by atoms with van der Waals surface area (Å²) >= 11 is 6.00. The molecule has 0 aromatic heterocycles. The normalized spacial score (nSPS) is 17.5. The fourth-order valence-electron chi connectivity index (χ4n) is 1.99. The third-order valence-electron chi connectivity index (χ3n) is 2.90. The number of benzene rings is 1. The molecule has 1 unspecified atom stereocenters. The van der Waals surface area contributed by atoms with Crippen molar-refractivity contribution in [3.8, 4) is 5.75 Å². The van der Waals surface area contributed by atoms with Gasteiger partial charge in [-0.2, -0.15) is 0 Å². The molecule has 5 heteroatoms. The third kappa shape index (κ3) is 3.99. The molecule has 0 radical (unpaired) electrons. The topological polar surface area (TPSA) is 50.4 Å². The van der Waals surface area contributed by atoms with Gasteiger partial charge in [-0.25, -0.2) is 0 Å². The van der Waals surface area contributed by atoms with E-state index in [-0.39, 0.29) is 18.1 Å². The van der Waals surface area contributed by atoms with E-state index in [1.165, 1.54) is 0 Å². The molecular weight excluding hydrogens is 276 g/mol. The monoisotopic (exact) mass is 294 g/mol. The van der Waals surface area contributed by atoms with Crippen LogP contribution in [0.15, 0.2) is 30.4 Å². The number of hydrogen-bond donors (Lipinski definition) is 2. The van der Waals surface area contributed by atoms with Crippen LogP contribution in [-0.2, 0) is 11.3 Å². The summed E-state index contributed by atoms with van der Waals surface area (Å²) in [5.41, 5.74) is 0.876. The minimum Gasteiger partial charge on any atom is -0.491 e. The molecule has 0 aliphatic carbocycles. The lowest BCUT2D eigenvalue weighted by molar-refractivity contribution is -0.122. The molecule has 1 amide bonds. The van der Waals surface area contributed by atoms with Crippen LogP contribution in [0, 0.1) is 0 Å². The van der Waals surface area contributed by atoms with E-state index in [9.17, 15) is 4.79 Å². The number of rotatable bonds is 5. The molecule has 20 heavy (non-hydrogen) atoms. The average molecular weight is 295 g/mol. The van der Waals surface area contributed by atoms with Crippen molar-refractivity contribution in [3.05, 3.63) is 40.9 Å². The number of halogens is 1. The van der Waals surface area contributed by atoms with Crippen LogP contribution in [0.25, 0.3) is 0 Å². The fraction of sp³-hybridized carbons (Fsp3) is 0.400. The second-order valence-corrected chi connectivity index (χ2v) is 5.39. The summed E-state index contributed by atoms with van der Waals surface area (Å²) in [6, 6.07) is 5.18. The van der Waals surface area contributed by atoms with Crippen LogP contribution in [0.3, 0.4) is 0 Å². The predicted octanol–water partition coefficient (Wildman–Crippen LogP) is 2.27. The van der Waals surface area contributed by atoms with Gasteiger partial charge >= 0.3 is 0 Å². The molecule has 2 rings (SSSR count). The van der Waals surface area contributed by atoms with E-state index in [1.54, 1.807) is 6.07 Å². The van der Waals surface area contributed by atoms with E-state index in [2.05, 4.69) is 10.6 Å². The van der Waals surface area contributed by atoms with Crippen molar-refractivity contribution in [3.63, 3.8) is 0 Å². The van der Waals surface area contributed by atoms with Gasteiger partial charge < -0.3 is 10.1 Å². The minimum atomic E-state index is -0.247. The zero-order valence-electron chi connectivity index (χ0n) is 11.7. The Morgan fingerprint density at radius 2 is 2.35 bits per heavy atom. The third-order valence-corrected chi connectivity index (χ3v) is 3.14. The first-order chi connectivity index (χ1) is 9.56. The van der Waals surface area contributed by atoms with Crippen LogP contribution in [0.5, 0.6) is 5.75 Å². The molecule has 1 aromatic rings. The molecule has 1 atom stereocenters. The predicted molar refractivity (Wildman–Crippen MR) is 80.0 cm³/mol. The highest BCUT2D eigenvalue weighted by atomic mass is 35.5. The molecule has 1 aliphatic rings. The lowest BCUT2D eigenvalue weighted by Gasteiger charge is -2.16. The fourth-order valence-corrected chi connectivity index (χ4v) is 2.19. The van der Waals surface area contributed by atoms with Gasteiger partial charge in [-0.15, -0.1) is 0 Å². The smallest absolute Gasteiger partial charge is 0.241 e. The van der Waals surface area contributed by atoms with Crippen LogP contribution < -0.4 is 15.4 Å². The van der Waals surface area contributed by atoms with E-state index in [0.29, 0.717) is 11.6 Å². The van der Waals surface area contributed by atoms with E-state index in [4.69, 9.17) is 16.3 Å². The van der Waals surface area contributed by atoms with E-state index < -0.39 is 0 Å². The number of carbonyl (C=O) groups is 1. The Balaban J connectivity index is 2.02. The quantitative estimate of drug-likeness (QED) is 0.819. The summed E-state index contributed by atoms with van der Waals surface area (Å²) in [5.74, 6) is 0.703. The number of carbonyl (C=O) groups excluding carboxylic acids is 1. The van der Waals surface area contributed by atoms with Gasteiger partial charge in [0.25, 0.3) is 0 Å². The van der Waals surface area contributed by atoms with Crippen LogP contribution in [0.4, 0.5) is 0 Å². The van der Waals surface area contributed by atoms with E-state index >= 15 is 0 Å². The summed E-state index contributed by atoms with van der Waals surface area (Å²) in [6.45, 7) is 5.05. The largest absolute Gasteiger partial charge is 0.491 e. The van der Waals surface area contributed by atoms with Crippen molar-refractivity contribution < 1.29 is 9.53 Å². The van der Waals surface area contributed by atoms with Gasteiger partial charge in [-0.1, -0.05) is 23.8 Å². The zero-order valence-corrected chi connectivity index (χ0v) is 12.4. The molecule has 1 aromatic carbocycles. The molecule has 0 spiro atoms. The summed E-state index contributed by atoms with van der Waals surface area (Å²) in [4.78, 5) is 11.9. The van der Waals surface area contributed by atoms with Gasteiger partial charge in [0.15, 0.2) is 0 Å². The van der Waals surface area contributed by atoms with Crippen LogP contribution in [-0.4, -0.2) is 24.6 Å². The maximum atomic E-state index is 11.9.